The lowest BCUT2D eigenvalue weighted by molar-refractivity contribution is -0.346. The first kappa shape index (κ1) is 62.3. The van der Waals surface area contributed by atoms with Crippen molar-refractivity contribution in [2.24, 2.45) is 16.7 Å². The molecule has 25 nitrogen and oxygen atoms in total. The summed E-state index contributed by atoms with van der Waals surface area (Å²) in [5, 5.41) is 56.3. The van der Waals surface area contributed by atoms with Crippen LogP contribution >= 0.6 is 0 Å². The molecule has 2 aromatic rings. The minimum atomic E-state index is -2.35. The van der Waals surface area contributed by atoms with Crippen molar-refractivity contribution in [2.45, 2.75) is 142 Å². The number of carbonyl (C=O) groups excluding carboxylic acids is 9. The van der Waals surface area contributed by atoms with E-state index in [9.17, 15) is 63.6 Å². The predicted molar refractivity (Wildman–Crippen MR) is 291 cm³/mol. The van der Waals surface area contributed by atoms with Gasteiger partial charge in [0.25, 0.3) is 0 Å². The standard InChI is InChI=1S/C43H53NO14.C16H20N4O6/c1-22-26(55-37(51)32(48)30(24-15-11-9-12-16-24)44-38(52)58-39(3,4)5)20-43(53)35(56-36(50)25-17-13-10-14-18-25)33-41(8,34(49)31(47)29(22)40(43,6)7)27(46)19-28-42(33,21-54-28)57-23(2)45;1-3-25-15(23)17-9-11(19-5-6-19)14(22)10(18-16(24)26-4-2)12(13(9)21)20-7-8-20/h9-18,26-28,30-33,35,46-48,53H,19-21H2,1-8H3,(H,44,52);3-8H2,1-2H3,(H,17,23)(H,18,24)/t26-,27-,28+,30-,31+,32+,33-,35-,41+,42-,43+;/m0./s1. The Morgan fingerprint density at radius 2 is 1.31 bits per heavy atom. The number of nitrogens with one attached hydrogen (secondary N) is 3. The van der Waals surface area contributed by atoms with Crippen molar-refractivity contribution >= 4 is 53.5 Å². The molecule has 3 aliphatic heterocycles. The van der Waals surface area contributed by atoms with Crippen molar-refractivity contribution in [3.8, 4) is 0 Å². The molecule has 0 aromatic heterocycles. The lowest BCUT2D eigenvalue weighted by Gasteiger charge is -2.67. The van der Waals surface area contributed by atoms with Crippen LogP contribution in [0, 0.1) is 16.7 Å². The van der Waals surface area contributed by atoms with Gasteiger partial charge in [0.2, 0.25) is 11.6 Å². The minimum absolute atomic E-state index is 0.0560. The van der Waals surface area contributed by atoms with E-state index in [1.807, 2.05) is 0 Å². The lowest BCUT2D eigenvalue weighted by atomic mass is 9.44. The van der Waals surface area contributed by atoms with E-state index in [0.717, 1.165) is 6.92 Å². The van der Waals surface area contributed by atoms with Gasteiger partial charge in [-0.3, -0.25) is 29.8 Å². The zero-order valence-corrected chi connectivity index (χ0v) is 48.5. The molecule has 9 rings (SSSR count). The third-order valence-electron chi connectivity index (χ3n) is 16.5. The van der Waals surface area contributed by atoms with E-state index in [4.69, 9.17) is 33.2 Å². The smallest absolute Gasteiger partial charge is 0.411 e. The maximum absolute atomic E-state index is 14.9. The van der Waals surface area contributed by atoms with Gasteiger partial charge < -0.3 is 68.7 Å². The minimum Gasteiger partial charge on any atom is -0.456 e. The number of ketones is 3. The Bertz CT molecular complexity index is 3010. The summed E-state index contributed by atoms with van der Waals surface area (Å²) >= 11 is 0. The van der Waals surface area contributed by atoms with E-state index in [-0.39, 0.29) is 65.7 Å². The van der Waals surface area contributed by atoms with Crippen LogP contribution in [0.25, 0.3) is 0 Å². The number of hydrogen-bond donors (Lipinski definition) is 7. The van der Waals surface area contributed by atoms with Crippen LogP contribution in [0.3, 0.4) is 0 Å². The largest absolute Gasteiger partial charge is 0.456 e. The molecule has 3 heterocycles. The third-order valence-corrected chi connectivity index (χ3v) is 16.5. The summed E-state index contributed by atoms with van der Waals surface area (Å²) in [4.78, 5) is 122. The molecule has 7 aliphatic rings. The van der Waals surface area contributed by atoms with Crippen LogP contribution in [0.2, 0.25) is 0 Å². The molecule has 11 atom stereocenters. The Kier molecular flexibility index (Phi) is 17.6. The quantitative estimate of drug-likeness (QED) is 0.0470. The maximum Gasteiger partial charge on any atom is 0.411 e. The van der Waals surface area contributed by atoms with Crippen molar-refractivity contribution in [3.05, 3.63) is 106 Å². The van der Waals surface area contributed by atoms with E-state index in [1.165, 1.54) is 26.0 Å². The van der Waals surface area contributed by atoms with E-state index in [2.05, 4.69) is 16.0 Å². The number of nitrogens with zero attached hydrogens (tertiary/aromatic N) is 2. The van der Waals surface area contributed by atoms with Gasteiger partial charge >= 0.3 is 36.2 Å². The molecule has 7 N–H and O–H groups in total. The normalized spacial score (nSPS) is 29.1. The highest BCUT2D eigenvalue weighted by atomic mass is 16.6. The zero-order valence-electron chi connectivity index (χ0n) is 48.5. The highest BCUT2D eigenvalue weighted by molar-refractivity contribution is 6.26. The second-order valence-corrected chi connectivity index (χ2v) is 23.3. The Balaban J connectivity index is 0.000000294. The Morgan fingerprint density at radius 3 is 1.77 bits per heavy atom. The highest BCUT2D eigenvalue weighted by Gasteiger charge is 2.78. The third kappa shape index (κ3) is 11.7. The number of hydrogen-bond acceptors (Lipinski definition) is 22. The number of fused-ring (bicyclic) bond motifs is 5. The molecule has 4 aliphatic carbocycles. The molecule has 0 spiro atoms. The number of alkyl carbamates (subject to hydrolysis) is 3. The van der Waals surface area contributed by atoms with Crippen LogP contribution in [0.15, 0.2) is 94.6 Å². The topological polar surface area (TPSA) is 341 Å². The number of Topliss-reactive ketones (excluding diaryl/α,β-unsaturated/α-hetero) is 3. The molecular weight excluding hydrogens is 1100 g/mol. The zero-order chi connectivity index (χ0) is 61.6. The number of esters is 3. The summed E-state index contributed by atoms with van der Waals surface area (Å²) in [6.07, 6.45) is -13.1. The summed E-state index contributed by atoms with van der Waals surface area (Å²) in [5.74, 6) is -6.44. The highest BCUT2D eigenvalue weighted by Crippen LogP contribution is 2.64. The summed E-state index contributed by atoms with van der Waals surface area (Å²) in [6.45, 7) is 17.6. The van der Waals surface area contributed by atoms with Gasteiger partial charge in [-0.1, -0.05) is 62.4 Å². The molecule has 3 saturated heterocycles. The first-order valence-corrected chi connectivity index (χ1v) is 27.8. The molecule has 25 heteroatoms. The average Bonchev–Trinajstić information content (AvgIpc) is 1.71. The van der Waals surface area contributed by atoms with E-state index < -0.39 is 136 Å². The van der Waals surface area contributed by atoms with E-state index in [1.54, 1.807) is 107 Å². The fourth-order valence-electron chi connectivity index (χ4n) is 12.2. The van der Waals surface area contributed by atoms with Crippen LogP contribution in [0.1, 0.15) is 104 Å². The monoisotopic (exact) mass is 1170 g/mol. The van der Waals surface area contributed by atoms with Gasteiger partial charge in [0.15, 0.2) is 17.5 Å². The second-order valence-electron chi connectivity index (χ2n) is 23.3. The molecule has 2 saturated carbocycles. The molecule has 0 radical (unpaired) electrons. The van der Waals surface area contributed by atoms with Crippen LogP contribution in [-0.4, -0.2) is 183 Å². The second kappa shape index (κ2) is 23.7. The van der Waals surface area contributed by atoms with E-state index >= 15 is 0 Å². The molecule has 3 amide bonds. The first-order chi connectivity index (χ1) is 39.5. The van der Waals surface area contributed by atoms with Crippen LogP contribution in [0.4, 0.5) is 14.4 Å². The van der Waals surface area contributed by atoms with Crippen molar-refractivity contribution in [1.82, 2.24) is 25.8 Å². The van der Waals surface area contributed by atoms with Gasteiger partial charge in [0, 0.05) is 51.4 Å². The number of aliphatic hydroxyl groups is 4. The van der Waals surface area contributed by atoms with E-state index in [0.29, 0.717) is 31.7 Å². The molecule has 2 bridgehead atoms. The summed E-state index contributed by atoms with van der Waals surface area (Å²) in [5.41, 5.74) is -8.27. The Labute approximate surface area is 484 Å². The summed E-state index contributed by atoms with van der Waals surface area (Å²) in [6, 6.07) is 14.6. The van der Waals surface area contributed by atoms with Crippen molar-refractivity contribution in [2.75, 3.05) is 46.0 Å². The molecule has 0 unspecified atom stereocenters. The number of amides is 3. The first-order valence-electron chi connectivity index (χ1n) is 27.8. The van der Waals surface area contributed by atoms with Gasteiger partial charge in [0.1, 0.15) is 58.4 Å². The Morgan fingerprint density at radius 1 is 0.786 bits per heavy atom. The molecule has 84 heavy (non-hydrogen) atoms. The summed E-state index contributed by atoms with van der Waals surface area (Å²) in [7, 11) is 0. The van der Waals surface area contributed by atoms with Crippen molar-refractivity contribution < 1.29 is 96.7 Å². The van der Waals surface area contributed by atoms with Gasteiger partial charge in [-0.2, -0.15) is 0 Å². The Hall–Kier alpha value is -7.71. The number of benzene rings is 2. The van der Waals surface area contributed by atoms with Crippen molar-refractivity contribution in [3.63, 3.8) is 0 Å². The van der Waals surface area contributed by atoms with Crippen LogP contribution in [0.5, 0.6) is 0 Å². The average molecular weight is 1170 g/mol. The van der Waals surface area contributed by atoms with Gasteiger partial charge in [-0.15, -0.1) is 0 Å². The van der Waals surface area contributed by atoms with Crippen LogP contribution in [-0.2, 0) is 57.1 Å². The van der Waals surface area contributed by atoms with Gasteiger partial charge in [-0.25, -0.2) is 24.0 Å². The number of ether oxygens (including phenoxy) is 7. The number of aliphatic hydroxyl groups excluding tert-OH is 3. The molecule has 454 valence electrons. The number of carbonyl (C=O) groups is 9. The molecular formula is C59H73N5O20. The van der Waals surface area contributed by atoms with Crippen LogP contribution < -0.4 is 16.0 Å². The van der Waals surface area contributed by atoms with Gasteiger partial charge in [-0.05, 0) is 77.3 Å². The predicted octanol–water partition coefficient (Wildman–Crippen LogP) is 2.94. The maximum atomic E-state index is 14.9. The number of rotatable bonds is 14. The fourth-order valence-corrected chi connectivity index (χ4v) is 12.2. The fraction of sp³-hybridized carbons (Fsp3) is 0.542. The molecule has 5 fully saturated rings. The summed E-state index contributed by atoms with van der Waals surface area (Å²) < 4.78 is 39.2. The lowest BCUT2D eigenvalue weighted by Crippen LogP contribution is -2.81. The van der Waals surface area contributed by atoms with Crippen molar-refractivity contribution in [1.29, 1.82) is 0 Å². The SMILES string of the molecule is CC(=O)O[C@@]12CO[C@@H]1C[C@H](O)[C@@]1(C)C(=O)[C@H](O)C3=C(C)[C@@H](OC(=O)[C@H](O)[C@@H](NC(=O)OC(C)(C)C)c4ccccc4)C[C@@](O)([C@@H](OC(=O)c4ccccc4)[C@H]21)C3(C)C.CCOC(=O)NC1=C(N2CC2)C(=O)C(NC(=O)OCC)=C(N2CC2)C1=O. The molecule has 2 aromatic carbocycles. The van der Waals surface area contributed by atoms with Gasteiger partial charge in [0.05, 0.1) is 48.9 Å².